The molecule has 4 heteroatoms. The standard InChI is InChI=1S/C19H20N2O2/c1-3-14-6-8-15(9-7-14)23-19-16(5-4-11-21-19)17-13-20-12-10-18(17)22-2/h4-9,11,13H,3,10,12H2,1-2H3. The molecule has 0 N–H and O–H groups in total. The molecule has 1 aromatic carbocycles. The third-order valence-electron chi connectivity index (χ3n) is 3.84. The Morgan fingerprint density at radius 2 is 1.96 bits per heavy atom. The van der Waals surface area contributed by atoms with Crippen LogP contribution in [0.1, 0.15) is 24.5 Å². The minimum absolute atomic E-state index is 0.564. The summed E-state index contributed by atoms with van der Waals surface area (Å²) in [5, 5.41) is 0. The van der Waals surface area contributed by atoms with E-state index in [-0.39, 0.29) is 0 Å². The molecule has 2 aromatic rings. The number of benzene rings is 1. The second-order valence-electron chi connectivity index (χ2n) is 5.28. The van der Waals surface area contributed by atoms with Crippen molar-refractivity contribution in [3.63, 3.8) is 0 Å². The SMILES string of the molecule is CCc1ccc(Oc2ncccc2C2=C(OC)CCN=C2)cc1. The number of ether oxygens (including phenoxy) is 2. The van der Waals surface area contributed by atoms with Crippen molar-refractivity contribution >= 4 is 11.8 Å². The van der Waals surface area contributed by atoms with Gasteiger partial charge < -0.3 is 9.47 Å². The number of hydrogen-bond donors (Lipinski definition) is 0. The zero-order valence-corrected chi connectivity index (χ0v) is 13.5. The Morgan fingerprint density at radius 1 is 1.13 bits per heavy atom. The van der Waals surface area contributed by atoms with Gasteiger partial charge in [-0.3, -0.25) is 4.99 Å². The number of dihydropyridines is 1. The zero-order valence-electron chi connectivity index (χ0n) is 13.5. The summed E-state index contributed by atoms with van der Waals surface area (Å²) in [7, 11) is 1.69. The molecule has 2 heterocycles. The van der Waals surface area contributed by atoms with Crippen molar-refractivity contribution in [1.82, 2.24) is 4.98 Å². The normalized spacial score (nSPS) is 14.0. The topological polar surface area (TPSA) is 43.7 Å². The number of rotatable bonds is 5. The molecule has 0 saturated heterocycles. The Bertz CT molecular complexity index is 733. The number of methoxy groups -OCH3 is 1. The van der Waals surface area contributed by atoms with Gasteiger partial charge >= 0.3 is 0 Å². The van der Waals surface area contributed by atoms with Crippen LogP contribution in [0.3, 0.4) is 0 Å². The van der Waals surface area contributed by atoms with Crippen molar-refractivity contribution in [2.75, 3.05) is 13.7 Å². The average Bonchev–Trinajstić information content (AvgIpc) is 2.63. The summed E-state index contributed by atoms with van der Waals surface area (Å²) in [6, 6.07) is 12.0. The summed E-state index contributed by atoms with van der Waals surface area (Å²) in [5.41, 5.74) is 3.11. The van der Waals surface area contributed by atoms with E-state index in [1.807, 2.05) is 30.5 Å². The number of pyridine rings is 1. The van der Waals surface area contributed by atoms with Crippen LogP contribution in [0.25, 0.3) is 5.57 Å². The van der Waals surface area contributed by atoms with Crippen LogP contribution in [0.4, 0.5) is 0 Å². The summed E-state index contributed by atoms with van der Waals surface area (Å²) in [6.07, 6.45) is 5.37. The van der Waals surface area contributed by atoms with Crippen molar-refractivity contribution in [2.24, 2.45) is 4.99 Å². The van der Waals surface area contributed by atoms with Crippen LogP contribution in [0.5, 0.6) is 11.6 Å². The lowest BCUT2D eigenvalue weighted by molar-refractivity contribution is 0.280. The minimum atomic E-state index is 0.564. The van der Waals surface area contributed by atoms with Crippen LogP contribution >= 0.6 is 0 Å². The average molecular weight is 308 g/mol. The number of aryl methyl sites for hydroxylation is 1. The van der Waals surface area contributed by atoms with Crippen LogP contribution in [-0.4, -0.2) is 24.9 Å². The maximum atomic E-state index is 5.99. The van der Waals surface area contributed by atoms with Crippen LogP contribution in [0.15, 0.2) is 53.3 Å². The van der Waals surface area contributed by atoms with Crippen LogP contribution < -0.4 is 4.74 Å². The molecule has 118 valence electrons. The summed E-state index contributed by atoms with van der Waals surface area (Å²) in [5.74, 6) is 2.25. The molecule has 1 aliphatic heterocycles. The van der Waals surface area contributed by atoms with Gasteiger partial charge in [0, 0.05) is 36.5 Å². The van der Waals surface area contributed by atoms with Gasteiger partial charge in [-0.1, -0.05) is 19.1 Å². The quantitative estimate of drug-likeness (QED) is 0.828. The lowest BCUT2D eigenvalue weighted by Crippen LogP contribution is -2.05. The zero-order chi connectivity index (χ0) is 16.1. The van der Waals surface area contributed by atoms with Gasteiger partial charge in [-0.15, -0.1) is 0 Å². The van der Waals surface area contributed by atoms with Gasteiger partial charge in [0.15, 0.2) is 0 Å². The van der Waals surface area contributed by atoms with E-state index in [1.165, 1.54) is 5.56 Å². The van der Waals surface area contributed by atoms with Crippen LogP contribution in [0, 0.1) is 0 Å². The number of allylic oxidation sites excluding steroid dienone is 1. The first-order valence-corrected chi connectivity index (χ1v) is 7.81. The highest BCUT2D eigenvalue weighted by Gasteiger charge is 2.17. The Morgan fingerprint density at radius 3 is 2.70 bits per heavy atom. The molecule has 0 spiro atoms. The summed E-state index contributed by atoms with van der Waals surface area (Å²) >= 11 is 0. The van der Waals surface area contributed by atoms with Gasteiger partial charge in [-0.25, -0.2) is 4.98 Å². The molecule has 1 aromatic heterocycles. The lowest BCUT2D eigenvalue weighted by atomic mass is 10.0. The van der Waals surface area contributed by atoms with Crippen molar-refractivity contribution in [3.05, 3.63) is 59.5 Å². The van der Waals surface area contributed by atoms with Crippen molar-refractivity contribution in [3.8, 4) is 11.6 Å². The van der Waals surface area contributed by atoms with Crippen LogP contribution in [0.2, 0.25) is 0 Å². The van der Waals surface area contributed by atoms with E-state index in [0.29, 0.717) is 5.88 Å². The molecular weight excluding hydrogens is 288 g/mol. The highest BCUT2D eigenvalue weighted by Crippen LogP contribution is 2.31. The first-order valence-electron chi connectivity index (χ1n) is 7.81. The molecule has 0 unspecified atom stereocenters. The fourth-order valence-corrected chi connectivity index (χ4v) is 2.54. The van der Waals surface area contributed by atoms with E-state index in [1.54, 1.807) is 13.3 Å². The van der Waals surface area contributed by atoms with Gasteiger partial charge in [0.25, 0.3) is 0 Å². The molecule has 0 aliphatic carbocycles. The Kier molecular flexibility index (Phi) is 4.71. The highest BCUT2D eigenvalue weighted by atomic mass is 16.5. The molecule has 23 heavy (non-hydrogen) atoms. The highest BCUT2D eigenvalue weighted by molar-refractivity contribution is 6.12. The fraction of sp³-hybridized carbons (Fsp3) is 0.263. The lowest BCUT2D eigenvalue weighted by Gasteiger charge is -2.16. The van der Waals surface area contributed by atoms with Crippen molar-refractivity contribution in [2.45, 2.75) is 19.8 Å². The molecule has 0 atom stereocenters. The maximum Gasteiger partial charge on any atom is 0.227 e. The molecule has 0 radical (unpaired) electrons. The predicted octanol–water partition coefficient (Wildman–Crippen LogP) is 4.27. The van der Waals surface area contributed by atoms with Crippen molar-refractivity contribution < 1.29 is 9.47 Å². The molecule has 0 saturated carbocycles. The fourth-order valence-electron chi connectivity index (χ4n) is 2.54. The first-order chi connectivity index (χ1) is 11.3. The van der Waals surface area contributed by atoms with Crippen LogP contribution in [-0.2, 0) is 11.2 Å². The van der Waals surface area contributed by atoms with E-state index >= 15 is 0 Å². The first kappa shape index (κ1) is 15.3. The van der Waals surface area contributed by atoms with E-state index in [4.69, 9.17) is 9.47 Å². The van der Waals surface area contributed by atoms with Gasteiger partial charge in [0.05, 0.1) is 7.11 Å². The van der Waals surface area contributed by atoms with E-state index in [0.717, 1.165) is 42.0 Å². The second-order valence-corrected chi connectivity index (χ2v) is 5.28. The van der Waals surface area contributed by atoms with Gasteiger partial charge in [0.2, 0.25) is 5.88 Å². The number of nitrogens with zero attached hydrogens (tertiary/aromatic N) is 2. The molecule has 0 bridgehead atoms. The molecule has 0 fully saturated rings. The molecule has 4 nitrogen and oxygen atoms in total. The number of aromatic nitrogens is 1. The second kappa shape index (κ2) is 7.09. The molecule has 3 rings (SSSR count). The Balaban J connectivity index is 1.94. The van der Waals surface area contributed by atoms with Gasteiger partial charge in [0.1, 0.15) is 11.5 Å². The molecule has 1 aliphatic rings. The monoisotopic (exact) mass is 308 g/mol. The third-order valence-corrected chi connectivity index (χ3v) is 3.84. The largest absolute Gasteiger partial charge is 0.500 e. The van der Waals surface area contributed by atoms with E-state index in [9.17, 15) is 0 Å². The van der Waals surface area contributed by atoms with Gasteiger partial charge in [-0.05, 0) is 36.2 Å². The smallest absolute Gasteiger partial charge is 0.227 e. The maximum absolute atomic E-state index is 5.99. The third kappa shape index (κ3) is 3.42. The minimum Gasteiger partial charge on any atom is -0.500 e. The summed E-state index contributed by atoms with van der Waals surface area (Å²) in [4.78, 5) is 8.74. The van der Waals surface area contributed by atoms with E-state index in [2.05, 4.69) is 29.0 Å². The Labute approximate surface area is 136 Å². The Hall–Kier alpha value is -2.62. The number of hydrogen-bond acceptors (Lipinski definition) is 4. The summed E-state index contributed by atoms with van der Waals surface area (Å²) < 4.78 is 11.5. The van der Waals surface area contributed by atoms with Crippen molar-refractivity contribution in [1.29, 1.82) is 0 Å². The molecule has 0 amide bonds. The van der Waals surface area contributed by atoms with E-state index < -0.39 is 0 Å². The number of aliphatic imine (C=N–C) groups is 1. The molecular formula is C19H20N2O2. The predicted molar refractivity (Wildman–Crippen MR) is 92.0 cm³/mol. The van der Waals surface area contributed by atoms with Gasteiger partial charge in [-0.2, -0.15) is 0 Å². The summed E-state index contributed by atoms with van der Waals surface area (Å²) in [6.45, 7) is 2.88.